The molecule has 0 fully saturated rings. The molecule has 5 heteroatoms. The Bertz CT molecular complexity index is 360. The van der Waals surface area contributed by atoms with Gasteiger partial charge in [-0.3, -0.25) is 0 Å². The number of hydrogen-bond acceptors (Lipinski definition) is 4. The molecule has 0 bridgehead atoms. The molecule has 1 heterocycles. The van der Waals surface area contributed by atoms with Crippen LogP contribution in [0, 0.1) is 5.92 Å². The van der Waals surface area contributed by atoms with Gasteiger partial charge in [0.15, 0.2) is 0 Å². The van der Waals surface area contributed by atoms with Crippen LogP contribution in [0.4, 0.5) is 0 Å². The Morgan fingerprint density at radius 1 is 1.58 bits per heavy atom. The third kappa shape index (κ3) is 3.74. The predicted molar refractivity (Wildman–Crippen MR) is 77.9 cm³/mol. The summed E-state index contributed by atoms with van der Waals surface area (Å²) in [6.07, 6.45) is 1.85. The van der Waals surface area contributed by atoms with Crippen LogP contribution in [0.2, 0.25) is 0 Å². The van der Waals surface area contributed by atoms with Crippen LogP contribution in [0.1, 0.15) is 41.5 Å². The fraction of sp³-hybridized carbons (Fsp3) is 0.786. The van der Waals surface area contributed by atoms with Gasteiger partial charge in [0, 0.05) is 11.4 Å². The Kier molecular flexibility index (Phi) is 5.47. The Morgan fingerprint density at radius 3 is 2.58 bits per heavy atom. The van der Waals surface area contributed by atoms with Gasteiger partial charge in [0.1, 0.15) is 4.75 Å². The largest absolute Gasteiger partial charge is 0.597 e. The first-order chi connectivity index (χ1) is 8.70. The van der Waals surface area contributed by atoms with E-state index in [0.717, 1.165) is 0 Å². The second kappa shape index (κ2) is 6.29. The van der Waals surface area contributed by atoms with Crippen LogP contribution in [0.15, 0.2) is 11.6 Å². The topological polar surface area (TPSA) is 52.6 Å². The molecule has 1 aliphatic heterocycles. The van der Waals surface area contributed by atoms with Crippen molar-refractivity contribution in [3.8, 4) is 0 Å². The highest BCUT2D eigenvalue weighted by atomic mass is 32.2. The lowest BCUT2D eigenvalue weighted by atomic mass is 9.98. The van der Waals surface area contributed by atoms with E-state index in [4.69, 9.17) is 4.74 Å². The zero-order valence-electron chi connectivity index (χ0n) is 12.7. The molecule has 0 unspecified atom stereocenters. The average molecular weight is 287 g/mol. The van der Waals surface area contributed by atoms with Gasteiger partial charge in [0.05, 0.1) is 24.8 Å². The smallest absolute Gasteiger partial charge is 0.335 e. The van der Waals surface area contributed by atoms with Gasteiger partial charge in [0.25, 0.3) is 0 Å². The lowest BCUT2D eigenvalue weighted by molar-refractivity contribution is -0.139. The first-order valence-electron chi connectivity index (χ1n) is 6.76. The van der Waals surface area contributed by atoms with Gasteiger partial charge in [-0.1, -0.05) is 19.9 Å². The summed E-state index contributed by atoms with van der Waals surface area (Å²) in [6, 6.07) is -0.126. The third-order valence-electron chi connectivity index (χ3n) is 3.00. The molecule has 0 aromatic carbocycles. The molecule has 110 valence electrons. The van der Waals surface area contributed by atoms with E-state index in [1.807, 2.05) is 45.0 Å². The number of rotatable bonds is 4. The number of hydrogen-bond donors (Lipinski definition) is 0. The molecule has 0 aromatic heterocycles. The van der Waals surface area contributed by atoms with Crippen molar-refractivity contribution in [1.82, 2.24) is 4.31 Å². The average Bonchev–Trinajstić information content (AvgIpc) is 2.71. The van der Waals surface area contributed by atoms with Gasteiger partial charge in [-0.15, -0.1) is 4.31 Å². The summed E-state index contributed by atoms with van der Waals surface area (Å²) < 4.78 is 19.2. The number of carbonyl (C=O) groups is 1. The van der Waals surface area contributed by atoms with Crippen LogP contribution in [-0.2, 0) is 20.9 Å². The van der Waals surface area contributed by atoms with Crippen molar-refractivity contribution in [3.63, 3.8) is 0 Å². The molecule has 0 saturated carbocycles. The molecule has 19 heavy (non-hydrogen) atoms. The van der Waals surface area contributed by atoms with Gasteiger partial charge in [-0.2, -0.15) is 0 Å². The van der Waals surface area contributed by atoms with E-state index >= 15 is 0 Å². The highest BCUT2D eigenvalue weighted by molar-refractivity contribution is 7.90. The fourth-order valence-corrected chi connectivity index (χ4v) is 3.69. The molecular formula is C14H25NO3S. The van der Waals surface area contributed by atoms with Gasteiger partial charge in [-0.05, 0) is 33.6 Å². The van der Waals surface area contributed by atoms with Crippen LogP contribution in [0.3, 0.4) is 0 Å². The standard InChI is InChI=1S/C14H25NO3S/c1-7-18-13(16)11-8-9-15(12(11)10(2)3)19(17)14(4,5)6/h8,10,12H,7,9H2,1-6H3/t12-,19+/m0/s1. The summed E-state index contributed by atoms with van der Waals surface area (Å²) in [6.45, 7) is 12.6. The SMILES string of the molecule is CCOC(=O)C1=CCN([S@+]([O-])C(C)(C)C)[C@H]1C(C)C. The Morgan fingerprint density at radius 2 is 2.16 bits per heavy atom. The van der Waals surface area contributed by atoms with Gasteiger partial charge in [0.2, 0.25) is 0 Å². The van der Waals surface area contributed by atoms with Gasteiger partial charge < -0.3 is 9.29 Å². The molecule has 1 rings (SSSR count). The molecular weight excluding hydrogens is 262 g/mol. The second-order valence-corrected chi connectivity index (χ2v) is 8.22. The maximum atomic E-state index is 12.6. The minimum absolute atomic E-state index is 0.126. The van der Waals surface area contributed by atoms with E-state index < -0.39 is 11.4 Å². The van der Waals surface area contributed by atoms with Crippen molar-refractivity contribution in [2.24, 2.45) is 5.92 Å². The van der Waals surface area contributed by atoms with E-state index in [2.05, 4.69) is 0 Å². The Labute approximate surface area is 119 Å². The zero-order valence-corrected chi connectivity index (χ0v) is 13.5. The molecule has 0 N–H and O–H groups in total. The molecule has 0 amide bonds. The Hall–Kier alpha value is -0.520. The van der Waals surface area contributed by atoms with Crippen LogP contribution in [-0.4, -0.2) is 38.8 Å². The normalized spacial score (nSPS) is 22.5. The quantitative estimate of drug-likeness (QED) is 0.588. The van der Waals surface area contributed by atoms with Gasteiger partial charge >= 0.3 is 5.97 Å². The zero-order chi connectivity index (χ0) is 14.8. The highest BCUT2D eigenvalue weighted by Crippen LogP contribution is 2.33. The van der Waals surface area contributed by atoms with E-state index in [9.17, 15) is 9.35 Å². The summed E-state index contributed by atoms with van der Waals surface area (Å²) >= 11 is -1.13. The molecule has 0 radical (unpaired) electrons. The molecule has 0 aliphatic carbocycles. The van der Waals surface area contributed by atoms with Crippen molar-refractivity contribution in [2.45, 2.75) is 52.3 Å². The summed E-state index contributed by atoms with van der Waals surface area (Å²) in [5, 5.41) is 0. The van der Waals surface area contributed by atoms with E-state index in [-0.39, 0.29) is 22.7 Å². The second-order valence-electron chi connectivity index (χ2n) is 6.03. The van der Waals surface area contributed by atoms with Crippen molar-refractivity contribution in [1.29, 1.82) is 0 Å². The number of ether oxygens (including phenoxy) is 1. The van der Waals surface area contributed by atoms with Gasteiger partial charge in [-0.25, -0.2) is 4.79 Å². The van der Waals surface area contributed by atoms with Crippen LogP contribution < -0.4 is 0 Å². The predicted octanol–water partition coefficient (Wildman–Crippen LogP) is 2.28. The monoisotopic (exact) mass is 287 g/mol. The van der Waals surface area contributed by atoms with Crippen molar-refractivity contribution in [3.05, 3.63) is 11.6 Å². The summed E-state index contributed by atoms with van der Waals surface area (Å²) in [7, 11) is 0. The first kappa shape index (κ1) is 16.5. The molecule has 1 aliphatic rings. The Balaban J connectivity index is 2.93. The van der Waals surface area contributed by atoms with E-state index in [0.29, 0.717) is 18.7 Å². The first-order valence-corrected chi connectivity index (χ1v) is 7.86. The molecule has 2 atom stereocenters. The van der Waals surface area contributed by atoms with Crippen LogP contribution >= 0.6 is 0 Å². The lowest BCUT2D eigenvalue weighted by Gasteiger charge is -2.35. The number of carbonyl (C=O) groups excluding carboxylic acids is 1. The summed E-state index contributed by atoms with van der Waals surface area (Å²) in [5.74, 6) is -0.0703. The summed E-state index contributed by atoms with van der Waals surface area (Å²) in [5.41, 5.74) is 0.648. The maximum absolute atomic E-state index is 12.6. The van der Waals surface area contributed by atoms with Crippen molar-refractivity contribution in [2.75, 3.05) is 13.2 Å². The van der Waals surface area contributed by atoms with Crippen LogP contribution in [0.25, 0.3) is 0 Å². The minimum Gasteiger partial charge on any atom is -0.597 e. The van der Waals surface area contributed by atoms with Crippen LogP contribution in [0.5, 0.6) is 0 Å². The molecule has 4 nitrogen and oxygen atoms in total. The maximum Gasteiger partial charge on any atom is 0.335 e. The number of esters is 1. The molecule has 0 spiro atoms. The number of nitrogens with zero attached hydrogens (tertiary/aromatic N) is 1. The highest BCUT2D eigenvalue weighted by Gasteiger charge is 2.44. The third-order valence-corrected chi connectivity index (χ3v) is 4.85. The molecule has 0 saturated heterocycles. The fourth-order valence-electron chi connectivity index (χ4n) is 2.21. The van der Waals surface area contributed by atoms with Crippen molar-refractivity contribution >= 4 is 17.3 Å². The molecule has 0 aromatic rings. The van der Waals surface area contributed by atoms with Crippen molar-refractivity contribution < 1.29 is 14.1 Å². The van der Waals surface area contributed by atoms with E-state index in [1.54, 1.807) is 6.92 Å². The minimum atomic E-state index is -1.13. The van der Waals surface area contributed by atoms with E-state index in [1.165, 1.54) is 0 Å². The summed E-state index contributed by atoms with van der Waals surface area (Å²) in [4.78, 5) is 12.0. The lowest BCUT2D eigenvalue weighted by Crippen LogP contribution is -2.48.